The van der Waals surface area contributed by atoms with Gasteiger partial charge in [0.1, 0.15) is 5.15 Å². The second-order valence-corrected chi connectivity index (χ2v) is 6.39. The van der Waals surface area contributed by atoms with Gasteiger partial charge in [0.15, 0.2) is 0 Å². The second-order valence-electron chi connectivity index (χ2n) is 6.03. The number of carbonyl (C=O) groups is 1. The quantitative estimate of drug-likeness (QED) is 0.867. The van der Waals surface area contributed by atoms with Crippen molar-refractivity contribution in [3.05, 3.63) is 52.8 Å². The van der Waals surface area contributed by atoms with Crippen molar-refractivity contribution in [2.75, 3.05) is 18.4 Å². The number of anilines is 1. The number of nitrogens with zero attached hydrogens (tertiary/aromatic N) is 3. The minimum atomic E-state index is 0.00619. The first kappa shape index (κ1) is 16.6. The summed E-state index contributed by atoms with van der Waals surface area (Å²) in [5.74, 6) is 0.00619. The Bertz CT molecular complexity index is 754. The number of nitrogens with one attached hydrogen (secondary N) is 1. The van der Waals surface area contributed by atoms with Crippen LogP contribution in [0, 0.1) is 6.92 Å². The molecule has 5 nitrogen and oxygen atoms in total. The number of hydrogen-bond acceptors (Lipinski definition) is 3. The van der Waals surface area contributed by atoms with Gasteiger partial charge in [-0.1, -0.05) is 29.8 Å². The number of aryl methyl sites for hydroxylation is 2. The molecule has 1 atom stereocenters. The van der Waals surface area contributed by atoms with E-state index >= 15 is 0 Å². The van der Waals surface area contributed by atoms with E-state index in [9.17, 15) is 4.79 Å². The predicted molar refractivity (Wildman–Crippen MR) is 97.0 cm³/mol. The first-order valence-electron chi connectivity index (χ1n) is 8.02. The molecule has 1 amide bonds. The van der Waals surface area contributed by atoms with Gasteiger partial charge in [-0.2, -0.15) is 5.10 Å². The van der Waals surface area contributed by atoms with Crippen LogP contribution in [0.1, 0.15) is 17.7 Å². The van der Waals surface area contributed by atoms with Crippen LogP contribution >= 0.6 is 11.6 Å². The molecular formula is C18H21ClN4O. The number of para-hydroxylation sites is 1. The van der Waals surface area contributed by atoms with Crippen LogP contribution < -0.4 is 5.32 Å². The Morgan fingerprint density at radius 2 is 2.12 bits per heavy atom. The summed E-state index contributed by atoms with van der Waals surface area (Å²) >= 11 is 6.18. The smallest absolute Gasteiger partial charge is 0.246 e. The highest BCUT2D eigenvalue weighted by atomic mass is 35.5. The van der Waals surface area contributed by atoms with E-state index in [1.165, 1.54) is 0 Å². The minimum absolute atomic E-state index is 0.00619. The first-order valence-corrected chi connectivity index (χ1v) is 8.40. The molecule has 2 aromatic rings. The number of hydrogen-bond donors (Lipinski definition) is 1. The van der Waals surface area contributed by atoms with Crippen LogP contribution in [-0.4, -0.2) is 39.7 Å². The lowest BCUT2D eigenvalue weighted by atomic mass is 10.2. The van der Waals surface area contributed by atoms with Gasteiger partial charge < -0.3 is 10.2 Å². The molecule has 2 heterocycles. The summed E-state index contributed by atoms with van der Waals surface area (Å²) in [7, 11) is 1.79. The zero-order chi connectivity index (χ0) is 17.1. The minimum Gasteiger partial charge on any atom is -0.380 e. The summed E-state index contributed by atoms with van der Waals surface area (Å²) in [5.41, 5.74) is 2.70. The number of amides is 1. The fourth-order valence-corrected chi connectivity index (χ4v) is 3.18. The van der Waals surface area contributed by atoms with E-state index in [0.717, 1.165) is 29.9 Å². The van der Waals surface area contributed by atoms with Crippen molar-refractivity contribution in [1.82, 2.24) is 14.7 Å². The molecule has 1 aromatic carbocycles. The molecule has 0 radical (unpaired) electrons. The van der Waals surface area contributed by atoms with Crippen molar-refractivity contribution >= 4 is 29.3 Å². The highest BCUT2D eigenvalue weighted by molar-refractivity contribution is 6.31. The Hall–Kier alpha value is -2.27. The normalized spacial score (nSPS) is 17.6. The molecular weight excluding hydrogens is 324 g/mol. The standard InChI is InChI=1S/C18H21ClN4O/c1-13-16(18(19)22(2)21-13)8-9-17(24)23-11-10-15(12-23)20-14-6-4-3-5-7-14/h3-9,15,20H,10-12H2,1-2H3/b9-8+/t15-/m0/s1. The average Bonchev–Trinajstić information content (AvgIpc) is 3.12. The van der Waals surface area contributed by atoms with Gasteiger partial charge in [-0.15, -0.1) is 0 Å². The summed E-state index contributed by atoms with van der Waals surface area (Å²) in [6, 6.07) is 10.4. The number of aromatic nitrogens is 2. The van der Waals surface area contributed by atoms with E-state index in [-0.39, 0.29) is 11.9 Å². The zero-order valence-corrected chi connectivity index (χ0v) is 14.6. The molecule has 1 N–H and O–H groups in total. The molecule has 3 rings (SSSR count). The lowest BCUT2D eigenvalue weighted by Crippen LogP contribution is -2.30. The molecule has 1 aliphatic rings. The van der Waals surface area contributed by atoms with Crippen molar-refractivity contribution in [3.63, 3.8) is 0 Å². The van der Waals surface area contributed by atoms with E-state index in [1.807, 2.05) is 42.2 Å². The van der Waals surface area contributed by atoms with E-state index in [4.69, 9.17) is 11.6 Å². The van der Waals surface area contributed by atoms with Crippen LogP contribution in [0.25, 0.3) is 6.08 Å². The molecule has 0 aliphatic carbocycles. The molecule has 6 heteroatoms. The van der Waals surface area contributed by atoms with Gasteiger partial charge in [0.05, 0.1) is 5.69 Å². The number of rotatable bonds is 4. The largest absolute Gasteiger partial charge is 0.380 e. The molecule has 24 heavy (non-hydrogen) atoms. The number of halogens is 1. The van der Waals surface area contributed by atoms with Gasteiger partial charge in [-0.3, -0.25) is 9.48 Å². The average molecular weight is 345 g/mol. The van der Waals surface area contributed by atoms with Gasteiger partial charge in [0.2, 0.25) is 5.91 Å². The molecule has 126 valence electrons. The lowest BCUT2D eigenvalue weighted by Gasteiger charge is -2.16. The Morgan fingerprint density at radius 1 is 1.38 bits per heavy atom. The monoisotopic (exact) mass is 344 g/mol. The van der Waals surface area contributed by atoms with E-state index in [2.05, 4.69) is 10.4 Å². The predicted octanol–water partition coefficient (Wildman–Crippen LogP) is 3.11. The van der Waals surface area contributed by atoms with Crippen LogP contribution in [0.4, 0.5) is 5.69 Å². The van der Waals surface area contributed by atoms with Crippen LogP contribution in [0.2, 0.25) is 5.15 Å². The molecule has 0 unspecified atom stereocenters. The number of likely N-dealkylation sites (tertiary alicyclic amines) is 1. The third-order valence-corrected chi connectivity index (χ3v) is 4.68. The molecule has 1 aliphatic heterocycles. The molecule has 0 spiro atoms. The maximum Gasteiger partial charge on any atom is 0.246 e. The maximum absolute atomic E-state index is 12.4. The summed E-state index contributed by atoms with van der Waals surface area (Å²) in [5, 5.41) is 8.26. The molecule has 1 aromatic heterocycles. The zero-order valence-electron chi connectivity index (χ0n) is 13.9. The highest BCUT2D eigenvalue weighted by Gasteiger charge is 2.24. The van der Waals surface area contributed by atoms with Gasteiger partial charge in [0.25, 0.3) is 0 Å². The van der Waals surface area contributed by atoms with Crippen LogP contribution in [0.3, 0.4) is 0 Å². The fourth-order valence-electron chi connectivity index (χ4n) is 2.94. The number of benzene rings is 1. The SMILES string of the molecule is Cc1nn(C)c(Cl)c1/C=C/C(=O)N1CC[C@H](Nc2ccccc2)C1. The van der Waals surface area contributed by atoms with Gasteiger partial charge in [-0.25, -0.2) is 0 Å². The second kappa shape index (κ2) is 7.09. The van der Waals surface area contributed by atoms with Crippen molar-refractivity contribution in [2.24, 2.45) is 7.05 Å². The highest BCUT2D eigenvalue weighted by Crippen LogP contribution is 2.21. The van der Waals surface area contributed by atoms with Gasteiger partial charge in [0, 0.05) is 43.5 Å². The van der Waals surface area contributed by atoms with Crippen molar-refractivity contribution < 1.29 is 4.79 Å². The van der Waals surface area contributed by atoms with E-state index in [0.29, 0.717) is 11.7 Å². The Kier molecular flexibility index (Phi) is 4.90. The maximum atomic E-state index is 12.4. The van der Waals surface area contributed by atoms with Gasteiger partial charge in [-0.05, 0) is 31.6 Å². The molecule has 0 bridgehead atoms. The fraction of sp³-hybridized carbons (Fsp3) is 0.333. The summed E-state index contributed by atoms with van der Waals surface area (Å²) in [6.07, 6.45) is 4.28. The Balaban J connectivity index is 1.59. The summed E-state index contributed by atoms with van der Waals surface area (Å²) < 4.78 is 1.61. The van der Waals surface area contributed by atoms with Crippen molar-refractivity contribution in [2.45, 2.75) is 19.4 Å². The lowest BCUT2D eigenvalue weighted by molar-refractivity contribution is -0.124. The summed E-state index contributed by atoms with van der Waals surface area (Å²) in [4.78, 5) is 14.2. The molecule has 0 saturated carbocycles. The Morgan fingerprint density at radius 3 is 2.79 bits per heavy atom. The van der Waals surface area contributed by atoms with E-state index < -0.39 is 0 Å². The van der Waals surface area contributed by atoms with Crippen LogP contribution in [0.5, 0.6) is 0 Å². The number of carbonyl (C=O) groups excluding carboxylic acids is 1. The van der Waals surface area contributed by atoms with Crippen molar-refractivity contribution in [3.8, 4) is 0 Å². The third kappa shape index (κ3) is 3.62. The molecule has 1 saturated heterocycles. The van der Waals surface area contributed by atoms with Crippen LogP contribution in [-0.2, 0) is 11.8 Å². The first-order chi connectivity index (χ1) is 11.5. The summed E-state index contributed by atoms with van der Waals surface area (Å²) in [6.45, 7) is 3.34. The van der Waals surface area contributed by atoms with Gasteiger partial charge >= 0.3 is 0 Å². The molecule has 1 fully saturated rings. The third-order valence-electron chi connectivity index (χ3n) is 4.23. The van der Waals surface area contributed by atoms with E-state index in [1.54, 1.807) is 23.9 Å². The topological polar surface area (TPSA) is 50.2 Å². The Labute approximate surface area is 146 Å². The van der Waals surface area contributed by atoms with Crippen LogP contribution in [0.15, 0.2) is 36.4 Å². The van der Waals surface area contributed by atoms with Crippen molar-refractivity contribution in [1.29, 1.82) is 0 Å².